The number of hydrogen-bond acceptors (Lipinski definition) is 2. The van der Waals surface area contributed by atoms with Crippen LogP contribution in [0.2, 0.25) is 0 Å². The first-order valence-corrected chi connectivity index (χ1v) is 6.19. The molecule has 2 amide bonds. The van der Waals surface area contributed by atoms with Crippen molar-refractivity contribution in [1.82, 2.24) is 10.2 Å². The molecule has 1 saturated heterocycles. The monoisotopic (exact) mass is 296 g/mol. The fourth-order valence-corrected chi connectivity index (χ4v) is 2.29. The van der Waals surface area contributed by atoms with E-state index in [-0.39, 0.29) is 30.9 Å². The molecule has 4 nitrogen and oxygen atoms in total. The summed E-state index contributed by atoms with van der Waals surface area (Å²) in [7, 11) is 0. The van der Waals surface area contributed by atoms with Gasteiger partial charge in [-0.05, 0) is 24.6 Å². The number of nitrogens with zero attached hydrogens (tertiary/aromatic N) is 1. The van der Waals surface area contributed by atoms with Crippen LogP contribution < -0.4 is 5.32 Å². The van der Waals surface area contributed by atoms with Crippen molar-refractivity contribution < 1.29 is 9.59 Å². The molecule has 5 heteroatoms. The second-order valence-corrected chi connectivity index (χ2v) is 4.95. The van der Waals surface area contributed by atoms with Crippen LogP contribution in [0.4, 0.5) is 0 Å². The van der Waals surface area contributed by atoms with Crippen LogP contribution in [0.15, 0.2) is 28.7 Å². The van der Waals surface area contributed by atoms with Gasteiger partial charge in [-0.15, -0.1) is 0 Å². The number of piperazine rings is 1. The summed E-state index contributed by atoms with van der Waals surface area (Å²) in [5.74, 6) is -0.150. The third-order valence-electron chi connectivity index (χ3n) is 2.87. The molecule has 1 aliphatic heterocycles. The molecule has 1 unspecified atom stereocenters. The molecule has 1 aromatic rings. The Morgan fingerprint density at radius 2 is 2.18 bits per heavy atom. The van der Waals surface area contributed by atoms with Gasteiger partial charge in [0.2, 0.25) is 11.8 Å². The van der Waals surface area contributed by atoms with Crippen LogP contribution in [0.25, 0.3) is 0 Å². The maximum atomic E-state index is 11.7. The largest absolute Gasteiger partial charge is 0.345 e. The van der Waals surface area contributed by atoms with Crippen LogP contribution in [0.1, 0.15) is 18.5 Å². The first kappa shape index (κ1) is 12.1. The van der Waals surface area contributed by atoms with Gasteiger partial charge in [-0.2, -0.15) is 0 Å². The van der Waals surface area contributed by atoms with Gasteiger partial charge in [0.05, 0.1) is 12.6 Å². The molecule has 1 aliphatic rings. The molecule has 90 valence electrons. The van der Waals surface area contributed by atoms with Gasteiger partial charge >= 0.3 is 0 Å². The van der Waals surface area contributed by atoms with Crippen LogP contribution in [-0.2, 0) is 9.59 Å². The number of carbonyl (C=O) groups excluding carboxylic acids is 2. The molecular weight excluding hydrogens is 284 g/mol. The maximum Gasteiger partial charge on any atom is 0.242 e. The van der Waals surface area contributed by atoms with E-state index in [1.54, 1.807) is 4.90 Å². The van der Waals surface area contributed by atoms with E-state index in [4.69, 9.17) is 0 Å². The lowest BCUT2D eigenvalue weighted by atomic mass is 10.1. The molecule has 1 heterocycles. The highest BCUT2D eigenvalue weighted by molar-refractivity contribution is 9.10. The Bertz CT molecular complexity index is 462. The van der Waals surface area contributed by atoms with E-state index in [2.05, 4.69) is 21.2 Å². The summed E-state index contributed by atoms with van der Waals surface area (Å²) in [6, 6.07) is 7.68. The molecule has 1 N–H and O–H groups in total. The van der Waals surface area contributed by atoms with Crippen molar-refractivity contribution in [2.45, 2.75) is 13.0 Å². The third kappa shape index (κ3) is 2.66. The van der Waals surface area contributed by atoms with Gasteiger partial charge in [-0.25, -0.2) is 0 Å². The van der Waals surface area contributed by atoms with Crippen molar-refractivity contribution in [2.24, 2.45) is 0 Å². The SMILES string of the molecule is CC(c1cccc(Br)c1)N1CC(=O)NCC1=O. The number of carbonyl (C=O) groups is 2. The van der Waals surface area contributed by atoms with Crippen LogP contribution in [0, 0.1) is 0 Å². The molecule has 0 radical (unpaired) electrons. The van der Waals surface area contributed by atoms with Crippen molar-refractivity contribution in [3.63, 3.8) is 0 Å². The van der Waals surface area contributed by atoms with Crippen molar-refractivity contribution in [3.8, 4) is 0 Å². The highest BCUT2D eigenvalue weighted by Crippen LogP contribution is 2.23. The Balaban J connectivity index is 2.21. The summed E-state index contributed by atoms with van der Waals surface area (Å²) in [6.45, 7) is 2.15. The Hall–Kier alpha value is -1.36. The molecule has 0 bridgehead atoms. The molecule has 0 aliphatic carbocycles. The molecule has 1 fully saturated rings. The first-order valence-electron chi connectivity index (χ1n) is 5.39. The molecular formula is C12H13BrN2O2. The summed E-state index contributed by atoms with van der Waals surface area (Å²) in [6.07, 6.45) is 0. The van der Waals surface area contributed by atoms with E-state index in [0.717, 1.165) is 10.0 Å². The topological polar surface area (TPSA) is 49.4 Å². The predicted molar refractivity (Wildman–Crippen MR) is 67.3 cm³/mol. The summed E-state index contributed by atoms with van der Waals surface area (Å²) < 4.78 is 0.968. The van der Waals surface area contributed by atoms with Gasteiger partial charge in [-0.1, -0.05) is 28.1 Å². The molecule has 1 aromatic carbocycles. The lowest BCUT2D eigenvalue weighted by molar-refractivity contribution is -0.142. The minimum atomic E-state index is -0.105. The van der Waals surface area contributed by atoms with Crippen LogP contribution >= 0.6 is 15.9 Å². The second kappa shape index (κ2) is 4.87. The van der Waals surface area contributed by atoms with Crippen LogP contribution in [0.5, 0.6) is 0 Å². The van der Waals surface area contributed by atoms with Crippen molar-refractivity contribution >= 4 is 27.7 Å². The Morgan fingerprint density at radius 1 is 1.41 bits per heavy atom. The summed E-state index contributed by atoms with van der Waals surface area (Å²) in [5, 5.41) is 2.54. The summed E-state index contributed by atoms with van der Waals surface area (Å²) in [5.41, 5.74) is 1.02. The lowest BCUT2D eigenvalue weighted by Gasteiger charge is -2.32. The van der Waals surface area contributed by atoms with E-state index in [1.165, 1.54) is 0 Å². The summed E-state index contributed by atoms with van der Waals surface area (Å²) >= 11 is 3.40. The number of nitrogens with one attached hydrogen (secondary N) is 1. The number of amides is 2. The van der Waals surface area contributed by atoms with Crippen LogP contribution in [-0.4, -0.2) is 29.8 Å². The lowest BCUT2D eigenvalue weighted by Crippen LogP contribution is -2.52. The molecule has 2 rings (SSSR count). The molecule has 17 heavy (non-hydrogen) atoms. The number of rotatable bonds is 2. The fourth-order valence-electron chi connectivity index (χ4n) is 1.87. The molecule has 0 saturated carbocycles. The van der Waals surface area contributed by atoms with Gasteiger partial charge in [0.25, 0.3) is 0 Å². The number of halogens is 1. The highest BCUT2D eigenvalue weighted by Gasteiger charge is 2.27. The Labute approximate surface area is 108 Å². The third-order valence-corrected chi connectivity index (χ3v) is 3.36. The van der Waals surface area contributed by atoms with E-state index >= 15 is 0 Å². The zero-order valence-electron chi connectivity index (χ0n) is 9.44. The zero-order chi connectivity index (χ0) is 12.4. The van der Waals surface area contributed by atoms with Gasteiger partial charge < -0.3 is 10.2 Å². The van der Waals surface area contributed by atoms with Crippen molar-refractivity contribution in [1.29, 1.82) is 0 Å². The van der Waals surface area contributed by atoms with E-state index in [1.807, 2.05) is 31.2 Å². The Morgan fingerprint density at radius 3 is 2.88 bits per heavy atom. The van der Waals surface area contributed by atoms with Gasteiger partial charge in [-0.3, -0.25) is 9.59 Å². The normalized spacial score (nSPS) is 17.9. The first-order chi connectivity index (χ1) is 8.08. The minimum absolute atomic E-state index is 0.0444. The van der Waals surface area contributed by atoms with Crippen molar-refractivity contribution in [2.75, 3.05) is 13.1 Å². The van der Waals surface area contributed by atoms with E-state index in [0.29, 0.717) is 0 Å². The van der Waals surface area contributed by atoms with E-state index < -0.39 is 0 Å². The molecule has 0 aromatic heterocycles. The molecule has 0 spiro atoms. The van der Waals surface area contributed by atoms with Gasteiger partial charge in [0.1, 0.15) is 6.54 Å². The second-order valence-electron chi connectivity index (χ2n) is 4.03. The number of benzene rings is 1. The average Bonchev–Trinajstić information content (AvgIpc) is 2.31. The Kier molecular flexibility index (Phi) is 3.47. The average molecular weight is 297 g/mol. The molecule has 1 atom stereocenters. The number of hydrogen-bond donors (Lipinski definition) is 1. The maximum absolute atomic E-state index is 11.7. The van der Waals surface area contributed by atoms with Crippen molar-refractivity contribution in [3.05, 3.63) is 34.3 Å². The minimum Gasteiger partial charge on any atom is -0.345 e. The van der Waals surface area contributed by atoms with Gasteiger partial charge in [0.15, 0.2) is 0 Å². The fraction of sp³-hybridized carbons (Fsp3) is 0.333. The quantitative estimate of drug-likeness (QED) is 0.898. The standard InChI is InChI=1S/C12H13BrN2O2/c1-8(9-3-2-4-10(13)5-9)15-7-11(16)14-6-12(15)17/h2-5,8H,6-7H2,1H3,(H,14,16). The van der Waals surface area contributed by atoms with E-state index in [9.17, 15) is 9.59 Å². The zero-order valence-corrected chi connectivity index (χ0v) is 11.0. The highest BCUT2D eigenvalue weighted by atomic mass is 79.9. The van der Waals surface area contributed by atoms with Crippen LogP contribution in [0.3, 0.4) is 0 Å². The smallest absolute Gasteiger partial charge is 0.242 e. The van der Waals surface area contributed by atoms with Gasteiger partial charge in [0, 0.05) is 4.47 Å². The summed E-state index contributed by atoms with van der Waals surface area (Å²) in [4.78, 5) is 24.6. The predicted octanol–water partition coefficient (Wildman–Crippen LogP) is 1.47.